The number of aliphatic hydroxyl groups excluding tert-OH is 1. The van der Waals surface area contributed by atoms with Gasteiger partial charge in [-0.3, -0.25) is 18.7 Å². The van der Waals surface area contributed by atoms with Gasteiger partial charge in [-0.25, -0.2) is 29.5 Å². The third-order valence-corrected chi connectivity index (χ3v) is 8.47. The SMILES string of the molecule is CCCCOC(=O)[C@H](C)NP(=O)(/C=C/[C@H]1O[C@@H](n2cnc3c(N)ncnc32)[C@@H](F)[C@@H]1O)N[C@@H](C)C(=O)OCCCC. The van der Waals surface area contributed by atoms with E-state index in [1.165, 1.54) is 37.1 Å². The molecular weight excluding hydrogens is 560 g/mol. The first-order valence-corrected chi connectivity index (χ1v) is 15.4. The Hall–Kier alpha value is -2.97. The number of ether oxygens (including phenoxy) is 3. The predicted octanol–water partition coefficient (Wildman–Crippen LogP) is 2.35. The molecule has 5 N–H and O–H groups in total. The third kappa shape index (κ3) is 8.29. The van der Waals surface area contributed by atoms with E-state index in [1.807, 2.05) is 13.8 Å². The van der Waals surface area contributed by atoms with E-state index in [0.29, 0.717) is 12.8 Å². The van der Waals surface area contributed by atoms with Gasteiger partial charge in [-0.05, 0) is 32.8 Å². The number of aromatic nitrogens is 4. The van der Waals surface area contributed by atoms with Crippen LogP contribution in [-0.2, 0) is 28.4 Å². The van der Waals surface area contributed by atoms with Crippen molar-refractivity contribution in [1.29, 1.82) is 0 Å². The number of aliphatic hydroxyl groups is 1. The lowest BCUT2D eigenvalue weighted by Gasteiger charge is -2.24. The van der Waals surface area contributed by atoms with Gasteiger partial charge in [0.25, 0.3) is 0 Å². The minimum Gasteiger partial charge on any atom is -0.465 e. The highest BCUT2D eigenvalue weighted by Gasteiger charge is 2.45. The van der Waals surface area contributed by atoms with Gasteiger partial charge >= 0.3 is 11.9 Å². The lowest BCUT2D eigenvalue weighted by Crippen LogP contribution is -2.41. The molecule has 0 radical (unpaired) electrons. The van der Waals surface area contributed by atoms with Crippen LogP contribution in [0.25, 0.3) is 11.2 Å². The molecule has 41 heavy (non-hydrogen) atoms. The van der Waals surface area contributed by atoms with Crippen LogP contribution in [-0.4, -0.2) is 80.2 Å². The van der Waals surface area contributed by atoms with Gasteiger partial charge in [0.05, 0.1) is 19.5 Å². The first-order chi connectivity index (χ1) is 19.5. The number of alkyl halides is 1. The third-order valence-electron chi connectivity index (χ3n) is 6.34. The van der Waals surface area contributed by atoms with Crippen LogP contribution in [0.5, 0.6) is 0 Å². The van der Waals surface area contributed by atoms with Crippen molar-refractivity contribution in [2.24, 2.45) is 0 Å². The summed E-state index contributed by atoms with van der Waals surface area (Å²) in [4.78, 5) is 36.9. The van der Waals surface area contributed by atoms with Crippen LogP contribution in [0.15, 0.2) is 24.5 Å². The number of nitrogens with two attached hydrogens (primary N) is 1. The maximum absolute atomic E-state index is 15.2. The fraction of sp³-hybridized carbons (Fsp3) is 0.640. The molecule has 0 bridgehead atoms. The number of carbonyl (C=O) groups excluding carboxylic acids is 2. The summed E-state index contributed by atoms with van der Waals surface area (Å²) in [6.45, 7) is 7.24. The number of esters is 2. The molecule has 0 spiro atoms. The molecule has 1 aliphatic heterocycles. The molecular formula is C25H39FN7O7P. The largest absolute Gasteiger partial charge is 0.465 e. The minimum atomic E-state index is -3.89. The number of nitrogens with one attached hydrogen (secondary N) is 2. The first kappa shape index (κ1) is 32.5. The molecule has 16 heteroatoms. The Balaban J connectivity index is 1.80. The number of unbranched alkanes of at least 4 members (excludes halogenated alkanes) is 2. The molecule has 0 aliphatic carbocycles. The monoisotopic (exact) mass is 599 g/mol. The number of hydrogen-bond acceptors (Lipinski definition) is 11. The molecule has 0 aromatic carbocycles. The second kappa shape index (κ2) is 14.8. The minimum absolute atomic E-state index is 0.0990. The average molecular weight is 600 g/mol. The van der Waals surface area contributed by atoms with Crippen molar-refractivity contribution in [3.63, 3.8) is 0 Å². The predicted molar refractivity (Wildman–Crippen MR) is 148 cm³/mol. The Morgan fingerprint density at radius 3 is 2.29 bits per heavy atom. The molecule has 2 aromatic heterocycles. The highest BCUT2D eigenvalue weighted by Crippen LogP contribution is 2.42. The van der Waals surface area contributed by atoms with Crippen molar-refractivity contribution >= 4 is 36.4 Å². The summed E-state index contributed by atoms with van der Waals surface area (Å²) >= 11 is 0. The van der Waals surface area contributed by atoms with Gasteiger partial charge in [0.15, 0.2) is 23.9 Å². The van der Waals surface area contributed by atoms with Gasteiger partial charge in [0.1, 0.15) is 36.1 Å². The molecule has 1 aliphatic rings. The van der Waals surface area contributed by atoms with E-state index in [9.17, 15) is 19.3 Å². The van der Waals surface area contributed by atoms with Crippen molar-refractivity contribution in [2.45, 2.75) is 90.1 Å². The smallest absolute Gasteiger partial charge is 0.323 e. The summed E-state index contributed by atoms with van der Waals surface area (Å²) in [5.41, 5.74) is 6.26. The van der Waals surface area contributed by atoms with Crippen LogP contribution in [0.3, 0.4) is 0 Å². The van der Waals surface area contributed by atoms with Crippen LogP contribution in [0.2, 0.25) is 0 Å². The molecule has 3 rings (SSSR count). The van der Waals surface area contributed by atoms with E-state index in [4.69, 9.17) is 19.9 Å². The Bertz CT molecular complexity index is 1230. The Morgan fingerprint density at radius 1 is 1.15 bits per heavy atom. The normalized spacial score (nSPS) is 22.7. The van der Waals surface area contributed by atoms with E-state index in [2.05, 4.69) is 25.1 Å². The number of fused-ring (bicyclic) bond motifs is 1. The van der Waals surface area contributed by atoms with Gasteiger partial charge in [-0.1, -0.05) is 26.7 Å². The van der Waals surface area contributed by atoms with Gasteiger partial charge in [0.2, 0.25) is 7.44 Å². The molecule has 14 nitrogen and oxygen atoms in total. The molecule has 3 heterocycles. The second-order valence-electron chi connectivity index (χ2n) is 9.75. The number of halogens is 1. The van der Waals surface area contributed by atoms with Gasteiger partial charge in [0, 0.05) is 5.82 Å². The molecule has 1 saturated heterocycles. The molecule has 0 amide bonds. The van der Waals surface area contributed by atoms with Crippen LogP contribution in [0.4, 0.5) is 10.2 Å². The number of nitrogen functional groups attached to an aromatic ring is 1. The summed E-state index contributed by atoms with van der Waals surface area (Å²) in [5, 5.41) is 16.0. The Labute approximate surface area is 237 Å². The van der Waals surface area contributed by atoms with E-state index >= 15 is 4.39 Å². The summed E-state index contributed by atoms with van der Waals surface area (Å²) in [6.07, 6.45) is 0.555. The fourth-order valence-corrected chi connectivity index (χ4v) is 6.02. The Kier molecular flexibility index (Phi) is 11.7. The van der Waals surface area contributed by atoms with Crippen molar-refractivity contribution in [3.05, 3.63) is 24.5 Å². The second-order valence-corrected chi connectivity index (χ2v) is 11.9. The topological polar surface area (TPSA) is 193 Å². The zero-order valence-corrected chi connectivity index (χ0v) is 24.5. The van der Waals surface area contributed by atoms with Gasteiger partial charge in [-0.15, -0.1) is 0 Å². The van der Waals surface area contributed by atoms with E-state index < -0.39 is 56.1 Å². The van der Waals surface area contributed by atoms with Crippen molar-refractivity contribution in [1.82, 2.24) is 29.7 Å². The van der Waals surface area contributed by atoms with Crippen molar-refractivity contribution in [2.75, 3.05) is 18.9 Å². The van der Waals surface area contributed by atoms with Gasteiger partial charge in [-0.2, -0.15) is 0 Å². The van der Waals surface area contributed by atoms with E-state index in [1.54, 1.807) is 0 Å². The molecule has 0 saturated carbocycles. The van der Waals surface area contributed by atoms with Crippen molar-refractivity contribution in [3.8, 4) is 0 Å². The van der Waals surface area contributed by atoms with Crippen LogP contribution in [0, 0.1) is 0 Å². The molecule has 0 unspecified atom stereocenters. The molecule has 2 aromatic rings. The fourth-order valence-electron chi connectivity index (χ4n) is 4.00. The summed E-state index contributed by atoms with van der Waals surface area (Å²) in [7, 11) is -3.89. The van der Waals surface area contributed by atoms with Crippen LogP contribution in [0.1, 0.15) is 59.6 Å². The molecule has 6 atom stereocenters. The molecule has 1 fully saturated rings. The standard InChI is InChI=1S/C25H39FN7O7P/c1-5-7-10-38-24(35)15(3)31-41(37,32-16(4)25(36)39-11-8-6-2)12-9-17-20(34)18(26)23(40-17)33-14-30-19-21(27)28-13-29-22(19)33/h9,12-18,20,23,34H,5-8,10-11H2,1-4H3,(H2,27,28,29)(H2,31,32,37)/b12-9+/t15-,16-,17+,18-,20+,23+/m0/s1. The highest BCUT2D eigenvalue weighted by molar-refractivity contribution is 7.63. The quantitative estimate of drug-likeness (QED) is 0.133. The van der Waals surface area contributed by atoms with Crippen LogP contribution < -0.4 is 15.9 Å². The summed E-state index contributed by atoms with van der Waals surface area (Å²) in [5.74, 6) is -0.0436. The zero-order chi connectivity index (χ0) is 30.2. The summed E-state index contributed by atoms with van der Waals surface area (Å²) in [6, 6.07) is -2.06. The number of carbonyl (C=O) groups is 2. The lowest BCUT2D eigenvalue weighted by molar-refractivity contribution is -0.145. The number of rotatable bonds is 15. The number of nitrogens with zero attached hydrogens (tertiary/aromatic N) is 4. The maximum atomic E-state index is 15.2. The lowest BCUT2D eigenvalue weighted by atomic mass is 10.1. The maximum Gasteiger partial charge on any atom is 0.323 e. The Morgan fingerprint density at radius 2 is 1.73 bits per heavy atom. The molecule has 228 valence electrons. The summed E-state index contributed by atoms with van der Waals surface area (Å²) < 4.78 is 46.6. The average Bonchev–Trinajstić information content (AvgIpc) is 3.49. The number of hydrogen-bond donors (Lipinski definition) is 4. The first-order valence-electron chi connectivity index (χ1n) is 13.6. The highest BCUT2D eigenvalue weighted by atomic mass is 31.2. The van der Waals surface area contributed by atoms with E-state index in [-0.39, 0.29) is 30.2 Å². The van der Waals surface area contributed by atoms with E-state index in [0.717, 1.165) is 18.7 Å². The van der Waals surface area contributed by atoms with Crippen molar-refractivity contribution < 1.29 is 37.9 Å². The number of imidazole rings is 1. The zero-order valence-electron chi connectivity index (χ0n) is 23.6. The van der Waals surface area contributed by atoms with Gasteiger partial charge < -0.3 is 25.1 Å². The van der Waals surface area contributed by atoms with Crippen LogP contribution >= 0.6 is 7.44 Å². The number of anilines is 1.